The minimum Gasteiger partial charge on any atom is -0.477 e. The average molecular weight is 287 g/mol. The van der Waals surface area contributed by atoms with Gasteiger partial charge in [0.15, 0.2) is 5.15 Å². The second-order valence-electron chi connectivity index (χ2n) is 4.42. The molecule has 0 saturated heterocycles. The first kappa shape index (κ1) is 12.7. The van der Waals surface area contributed by atoms with Gasteiger partial charge in [-0.05, 0) is 17.7 Å². The van der Waals surface area contributed by atoms with Crippen LogP contribution in [0.25, 0.3) is 5.52 Å². The molecule has 0 saturated carbocycles. The molecule has 0 fully saturated rings. The first-order chi connectivity index (χ1) is 9.66. The molecule has 0 spiro atoms. The predicted octanol–water partition coefficient (Wildman–Crippen LogP) is 3.28. The number of nitrogens with zero attached hydrogens (tertiary/aromatic N) is 2. The lowest BCUT2D eigenvalue weighted by molar-refractivity contribution is 0.0688. The number of aromatic nitrogens is 2. The van der Waals surface area contributed by atoms with Gasteiger partial charge in [-0.3, -0.25) is 4.40 Å². The third-order valence-electron chi connectivity index (χ3n) is 3.11. The molecule has 1 aromatic carbocycles. The van der Waals surface area contributed by atoms with Crippen LogP contribution < -0.4 is 0 Å². The number of hydrogen-bond acceptors (Lipinski definition) is 2. The number of carbonyl (C=O) groups is 1. The fourth-order valence-electron chi connectivity index (χ4n) is 2.23. The maximum Gasteiger partial charge on any atom is 0.352 e. The molecule has 4 nitrogen and oxygen atoms in total. The molecular weight excluding hydrogens is 276 g/mol. The quantitative estimate of drug-likeness (QED) is 0.804. The molecule has 2 aromatic heterocycles. The van der Waals surface area contributed by atoms with E-state index in [0.29, 0.717) is 22.9 Å². The van der Waals surface area contributed by atoms with Crippen molar-refractivity contribution < 1.29 is 9.90 Å². The number of halogens is 1. The minimum absolute atomic E-state index is 0.160. The topological polar surface area (TPSA) is 54.6 Å². The molecule has 0 aliphatic carbocycles. The van der Waals surface area contributed by atoms with Gasteiger partial charge in [0, 0.05) is 6.42 Å². The first-order valence-electron chi connectivity index (χ1n) is 6.10. The summed E-state index contributed by atoms with van der Waals surface area (Å²) in [7, 11) is 0. The van der Waals surface area contributed by atoms with Crippen molar-refractivity contribution in [2.24, 2.45) is 0 Å². The van der Waals surface area contributed by atoms with Crippen molar-refractivity contribution in [3.8, 4) is 0 Å². The molecule has 0 bridgehead atoms. The molecule has 0 radical (unpaired) electrons. The number of carboxylic acids is 1. The molecule has 0 atom stereocenters. The number of pyridine rings is 1. The van der Waals surface area contributed by atoms with Gasteiger partial charge in [-0.25, -0.2) is 9.78 Å². The summed E-state index contributed by atoms with van der Waals surface area (Å²) < 4.78 is 1.59. The molecule has 0 amide bonds. The molecular formula is C15H11ClN2O2. The van der Waals surface area contributed by atoms with Crippen molar-refractivity contribution in [1.82, 2.24) is 9.38 Å². The van der Waals surface area contributed by atoms with Gasteiger partial charge in [0.25, 0.3) is 0 Å². The second-order valence-corrected chi connectivity index (χ2v) is 4.78. The van der Waals surface area contributed by atoms with Crippen LogP contribution in [0.1, 0.15) is 21.9 Å². The zero-order valence-electron chi connectivity index (χ0n) is 10.5. The molecule has 1 N–H and O–H groups in total. The van der Waals surface area contributed by atoms with E-state index in [1.54, 1.807) is 22.6 Å². The Morgan fingerprint density at radius 1 is 1.15 bits per heavy atom. The van der Waals surface area contributed by atoms with E-state index in [0.717, 1.165) is 5.56 Å². The summed E-state index contributed by atoms with van der Waals surface area (Å²) in [5.74, 6) is -0.381. The number of rotatable bonds is 3. The number of aromatic carboxylic acids is 1. The average Bonchev–Trinajstić information content (AvgIpc) is 2.77. The smallest absolute Gasteiger partial charge is 0.352 e. The third-order valence-corrected chi connectivity index (χ3v) is 3.39. The van der Waals surface area contributed by atoms with E-state index in [1.807, 2.05) is 30.3 Å². The SMILES string of the molecule is O=C(O)c1cccc2c(Cl)nc(Cc3ccccc3)n12. The Hall–Kier alpha value is -2.33. The van der Waals surface area contributed by atoms with Crippen LogP contribution in [0, 0.1) is 0 Å². The van der Waals surface area contributed by atoms with E-state index in [1.165, 1.54) is 0 Å². The van der Waals surface area contributed by atoms with Gasteiger partial charge in [-0.15, -0.1) is 0 Å². The van der Waals surface area contributed by atoms with Crippen LogP contribution in [0.15, 0.2) is 48.5 Å². The number of carboxylic acid groups (broad SMARTS) is 1. The summed E-state index contributed by atoms with van der Waals surface area (Å²) in [6.45, 7) is 0. The number of imidazole rings is 1. The molecule has 3 aromatic rings. The van der Waals surface area contributed by atoms with E-state index in [4.69, 9.17) is 11.6 Å². The molecule has 0 aliphatic heterocycles. The first-order valence-corrected chi connectivity index (χ1v) is 6.47. The highest BCUT2D eigenvalue weighted by Crippen LogP contribution is 2.22. The number of benzene rings is 1. The standard InChI is InChI=1S/C15H11ClN2O2/c16-14-11-7-4-8-12(15(19)20)18(11)13(17-14)9-10-5-2-1-3-6-10/h1-8H,9H2,(H,19,20). The van der Waals surface area contributed by atoms with Gasteiger partial charge in [0.05, 0.1) is 5.52 Å². The van der Waals surface area contributed by atoms with E-state index < -0.39 is 5.97 Å². The molecule has 0 aliphatic rings. The molecule has 3 rings (SSSR count). The van der Waals surface area contributed by atoms with Crippen LogP contribution in [0.2, 0.25) is 5.15 Å². The van der Waals surface area contributed by atoms with E-state index in [2.05, 4.69) is 4.98 Å². The number of fused-ring (bicyclic) bond motifs is 1. The normalized spacial score (nSPS) is 10.8. The van der Waals surface area contributed by atoms with Gasteiger partial charge >= 0.3 is 5.97 Å². The Morgan fingerprint density at radius 2 is 1.90 bits per heavy atom. The Balaban J connectivity index is 2.18. The van der Waals surface area contributed by atoms with Gasteiger partial charge in [0.1, 0.15) is 11.5 Å². The van der Waals surface area contributed by atoms with Gasteiger partial charge in [-0.2, -0.15) is 0 Å². The zero-order chi connectivity index (χ0) is 14.1. The number of hydrogen-bond donors (Lipinski definition) is 1. The summed E-state index contributed by atoms with van der Waals surface area (Å²) in [5.41, 5.74) is 1.82. The third kappa shape index (κ3) is 2.14. The highest BCUT2D eigenvalue weighted by molar-refractivity contribution is 6.32. The van der Waals surface area contributed by atoms with Crippen LogP contribution in [0.5, 0.6) is 0 Å². The molecule has 2 heterocycles. The van der Waals surface area contributed by atoms with E-state index in [9.17, 15) is 9.90 Å². The van der Waals surface area contributed by atoms with Crippen molar-refractivity contribution in [3.05, 3.63) is 70.8 Å². The Labute approximate surface area is 120 Å². The van der Waals surface area contributed by atoms with Crippen molar-refractivity contribution in [2.45, 2.75) is 6.42 Å². The Kier molecular flexibility index (Phi) is 3.16. The van der Waals surface area contributed by atoms with Crippen LogP contribution >= 0.6 is 11.6 Å². The van der Waals surface area contributed by atoms with E-state index in [-0.39, 0.29) is 5.69 Å². The molecule has 5 heteroatoms. The summed E-state index contributed by atoms with van der Waals surface area (Å²) >= 11 is 6.10. The van der Waals surface area contributed by atoms with E-state index >= 15 is 0 Å². The minimum atomic E-state index is -1.00. The summed E-state index contributed by atoms with van der Waals surface area (Å²) in [6, 6.07) is 14.7. The highest BCUT2D eigenvalue weighted by atomic mass is 35.5. The monoisotopic (exact) mass is 286 g/mol. The lowest BCUT2D eigenvalue weighted by atomic mass is 10.1. The maximum absolute atomic E-state index is 11.3. The lowest BCUT2D eigenvalue weighted by Gasteiger charge is -2.05. The highest BCUT2D eigenvalue weighted by Gasteiger charge is 2.16. The largest absolute Gasteiger partial charge is 0.477 e. The molecule has 0 unspecified atom stereocenters. The Morgan fingerprint density at radius 3 is 2.60 bits per heavy atom. The maximum atomic E-state index is 11.3. The van der Waals surface area contributed by atoms with Crippen molar-refractivity contribution in [1.29, 1.82) is 0 Å². The van der Waals surface area contributed by atoms with Crippen molar-refractivity contribution >= 4 is 23.1 Å². The van der Waals surface area contributed by atoms with Crippen molar-refractivity contribution in [3.63, 3.8) is 0 Å². The van der Waals surface area contributed by atoms with Crippen LogP contribution in [0.3, 0.4) is 0 Å². The summed E-state index contributed by atoms with van der Waals surface area (Å²) in [6.07, 6.45) is 0.527. The summed E-state index contributed by atoms with van der Waals surface area (Å²) in [4.78, 5) is 15.6. The Bertz CT molecular complexity index is 781. The fraction of sp³-hybridized carbons (Fsp3) is 0.0667. The second kappa shape index (κ2) is 4.98. The summed E-state index contributed by atoms with van der Waals surface area (Å²) in [5, 5.41) is 9.61. The zero-order valence-corrected chi connectivity index (χ0v) is 11.2. The van der Waals surface area contributed by atoms with Crippen LogP contribution in [-0.2, 0) is 6.42 Å². The fourth-order valence-corrected chi connectivity index (χ4v) is 2.48. The van der Waals surface area contributed by atoms with Crippen LogP contribution in [-0.4, -0.2) is 20.5 Å². The predicted molar refractivity (Wildman–Crippen MR) is 76.4 cm³/mol. The van der Waals surface area contributed by atoms with Gasteiger partial charge in [0.2, 0.25) is 0 Å². The van der Waals surface area contributed by atoms with Crippen LogP contribution in [0.4, 0.5) is 0 Å². The molecule has 100 valence electrons. The molecule has 20 heavy (non-hydrogen) atoms. The van der Waals surface area contributed by atoms with Crippen molar-refractivity contribution in [2.75, 3.05) is 0 Å². The lowest BCUT2D eigenvalue weighted by Crippen LogP contribution is -2.08. The van der Waals surface area contributed by atoms with Gasteiger partial charge in [-0.1, -0.05) is 48.0 Å². The van der Waals surface area contributed by atoms with Gasteiger partial charge < -0.3 is 5.11 Å².